The van der Waals surface area contributed by atoms with E-state index in [-0.39, 0.29) is 25.3 Å². The lowest BCUT2D eigenvalue weighted by atomic mass is 10.00. The Hall–Kier alpha value is -4.37. The van der Waals surface area contributed by atoms with E-state index in [0.29, 0.717) is 5.56 Å². The number of aliphatic hydroxyl groups excluding tert-OH is 1. The molecule has 0 aliphatic rings. The van der Waals surface area contributed by atoms with Crippen molar-refractivity contribution in [2.75, 3.05) is 13.2 Å². The van der Waals surface area contributed by atoms with Gasteiger partial charge in [-0.3, -0.25) is 9.59 Å². The molecule has 9 nitrogen and oxygen atoms in total. The van der Waals surface area contributed by atoms with Gasteiger partial charge in [-0.15, -0.1) is 0 Å². The lowest BCUT2D eigenvalue weighted by Gasteiger charge is -2.34. The lowest BCUT2D eigenvalue weighted by Crippen LogP contribution is -2.54. The third-order valence-electron chi connectivity index (χ3n) is 5.97. The molecule has 3 aromatic rings. The largest absolute Gasteiger partial charge is 0.508 e. The van der Waals surface area contributed by atoms with Gasteiger partial charge in [-0.1, -0.05) is 72.8 Å². The minimum atomic E-state index is -1.15. The number of rotatable bonds is 11. The van der Waals surface area contributed by atoms with Crippen LogP contribution >= 0.6 is 0 Å². The number of benzene rings is 3. The molecular formula is C31H37N3O6. The van der Waals surface area contributed by atoms with Gasteiger partial charge in [0.25, 0.3) is 0 Å². The topological polar surface area (TPSA) is 128 Å². The molecule has 0 fully saturated rings. The number of carbonyl (C=O) groups excluding carboxylic acids is 3. The molecule has 2 unspecified atom stereocenters. The van der Waals surface area contributed by atoms with Crippen LogP contribution in [-0.4, -0.2) is 57.8 Å². The van der Waals surface area contributed by atoms with Crippen LogP contribution in [0.15, 0.2) is 84.9 Å². The number of aliphatic hydroxyl groups is 1. The number of nitrogens with zero attached hydrogens (tertiary/aromatic N) is 1. The van der Waals surface area contributed by atoms with Crippen LogP contribution in [0.1, 0.15) is 43.5 Å². The maximum atomic E-state index is 14.1. The van der Waals surface area contributed by atoms with Crippen LogP contribution in [0.5, 0.6) is 5.75 Å². The standard InChI is InChI=1S/C31H37N3O6/c1-31(2,3)40-30(39)33-26(20-22-10-6-4-7-11-22)29(38)34(18-19-35)27(24-14-16-25(36)17-15-24)28(37)32-21-23-12-8-5-9-13-23/h4-17,26-27,35-36H,18-21H2,1-3H3,(H,32,37)(H,33,39). The van der Waals surface area contributed by atoms with Crippen LogP contribution in [0.3, 0.4) is 0 Å². The zero-order valence-corrected chi connectivity index (χ0v) is 23.0. The Bertz CT molecular complexity index is 1240. The average Bonchev–Trinajstić information content (AvgIpc) is 2.92. The van der Waals surface area contributed by atoms with E-state index < -0.39 is 42.2 Å². The summed E-state index contributed by atoms with van der Waals surface area (Å²) >= 11 is 0. The predicted molar refractivity (Wildman–Crippen MR) is 151 cm³/mol. The Kier molecular flexibility index (Phi) is 10.7. The first-order chi connectivity index (χ1) is 19.1. The van der Waals surface area contributed by atoms with Crippen molar-refractivity contribution >= 4 is 17.9 Å². The van der Waals surface area contributed by atoms with Gasteiger partial charge >= 0.3 is 6.09 Å². The number of hydrogen-bond donors (Lipinski definition) is 4. The molecule has 0 bridgehead atoms. The molecule has 0 aliphatic carbocycles. The first-order valence-corrected chi connectivity index (χ1v) is 13.1. The third kappa shape index (κ3) is 9.13. The fraction of sp³-hybridized carbons (Fsp3) is 0.323. The highest BCUT2D eigenvalue weighted by Gasteiger charge is 2.36. The Balaban J connectivity index is 1.97. The van der Waals surface area contributed by atoms with Crippen LogP contribution in [0.25, 0.3) is 0 Å². The summed E-state index contributed by atoms with van der Waals surface area (Å²) in [6.45, 7) is 4.78. The number of hydrogen-bond acceptors (Lipinski definition) is 6. The van der Waals surface area contributed by atoms with Crippen LogP contribution in [-0.2, 0) is 27.3 Å². The summed E-state index contributed by atoms with van der Waals surface area (Å²) in [4.78, 5) is 41.8. The maximum absolute atomic E-state index is 14.1. The monoisotopic (exact) mass is 547 g/mol. The molecule has 0 heterocycles. The van der Waals surface area contributed by atoms with E-state index in [9.17, 15) is 24.6 Å². The van der Waals surface area contributed by atoms with E-state index >= 15 is 0 Å². The van der Waals surface area contributed by atoms with E-state index in [0.717, 1.165) is 11.1 Å². The zero-order chi connectivity index (χ0) is 29.1. The van der Waals surface area contributed by atoms with E-state index in [1.165, 1.54) is 17.0 Å². The molecule has 3 aromatic carbocycles. The third-order valence-corrected chi connectivity index (χ3v) is 5.97. The number of phenolic OH excluding ortho intramolecular Hbond substituents is 1. The summed E-state index contributed by atoms with van der Waals surface area (Å²) < 4.78 is 5.41. The van der Waals surface area contributed by atoms with Gasteiger partial charge in [0.05, 0.1) is 6.61 Å². The van der Waals surface area contributed by atoms with Crippen LogP contribution in [0.4, 0.5) is 4.79 Å². The number of alkyl carbamates (subject to hydrolysis) is 1. The van der Waals surface area contributed by atoms with Crippen LogP contribution < -0.4 is 10.6 Å². The Morgan fingerprint density at radius 3 is 2.00 bits per heavy atom. The molecule has 40 heavy (non-hydrogen) atoms. The minimum absolute atomic E-state index is 0.000718. The quantitative estimate of drug-likeness (QED) is 0.290. The maximum Gasteiger partial charge on any atom is 0.408 e. The second-order valence-corrected chi connectivity index (χ2v) is 10.3. The van der Waals surface area contributed by atoms with Gasteiger partial charge in [0.2, 0.25) is 11.8 Å². The molecule has 0 saturated carbocycles. The summed E-state index contributed by atoms with van der Waals surface area (Å²) in [6.07, 6.45) is -0.644. The lowest BCUT2D eigenvalue weighted by molar-refractivity contribution is -0.143. The highest BCUT2D eigenvalue weighted by Crippen LogP contribution is 2.25. The molecule has 2 atom stereocenters. The van der Waals surface area contributed by atoms with Crippen molar-refractivity contribution in [3.63, 3.8) is 0 Å². The highest BCUT2D eigenvalue weighted by atomic mass is 16.6. The van der Waals surface area contributed by atoms with Crippen molar-refractivity contribution in [3.8, 4) is 5.75 Å². The van der Waals surface area contributed by atoms with E-state index in [1.54, 1.807) is 32.9 Å². The van der Waals surface area contributed by atoms with Crippen LogP contribution in [0, 0.1) is 0 Å². The summed E-state index contributed by atoms with van der Waals surface area (Å²) in [5.74, 6) is -1.05. The summed E-state index contributed by atoms with van der Waals surface area (Å²) in [7, 11) is 0. The molecule has 212 valence electrons. The molecule has 3 rings (SSSR count). The summed E-state index contributed by atoms with van der Waals surface area (Å²) in [5.41, 5.74) is 1.30. The van der Waals surface area contributed by atoms with Crippen molar-refractivity contribution in [2.45, 2.75) is 51.4 Å². The van der Waals surface area contributed by atoms with Crippen molar-refractivity contribution < 1.29 is 29.3 Å². The summed E-state index contributed by atoms with van der Waals surface area (Å²) in [5, 5.41) is 25.3. The number of nitrogens with one attached hydrogen (secondary N) is 2. The fourth-order valence-corrected chi connectivity index (χ4v) is 4.19. The van der Waals surface area contributed by atoms with Crippen molar-refractivity contribution in [1.82, 2.24) is 15.5 Å². The van der Waals surface area contributed by atoms with Crippen LogP contribution in [0.2, 0.25) is 0 Å². The van der Waals surface area contributed by atoms with E-state index in [1.807, 2.05) is 60.7 Å². The van der Waals surface area contributed by atoms with Gasteiger partial charge in [0, 0.05) is 19.5 Å². The molecule has 0 saturated heterocycles. The highest BCUT2D eigenvalue weighted by molar-refractivity contribution is 5.92. The average molecular weight is 548 g/mol. The van der Waals surface area contributed by atoms with Gasteiger partial charge in [0.15, 0.2) is 0 Å². The molecule has 3 amide bonds. The predicted octanol–water partition coefficient (Wildman–Crippen LogP) is 3.71. The van der Waals surface area contributed by atoms with Gasteiger partial charge in [-0.25, -0.2) is 4.79 Å². The van der Waals surface area contributed by atoms with E-state index in [2.05, 4.69) is 10.6 Å². The van der Waals surface area contributed by atoms with Gasteiger partial charge in [-0.2, -0.15) is 0 Å². The molecule has 0 radical (unpaired) electrons. The number of ether oxygens (including phenoxy) is 1. The molecular weight excluding hydrogens is 510 g/mol. The zero-order valence-electron chi connectivity index (χ0n) is 23.0. The second-order valence-electron chi connectivity index (χ2n) is 10.3. The number of aromatic hydroxyl groups is 1. The first-order valence-electron chi connectivity index (χ1n) is 13.1. The van der Waals surface area contributed by atoms with Crippen molar-refractivity contribution in [1.29, 1.82) is 0 Å². The molecule has 4 N–H and O–H groups in total. The SMILES string of the molecule is CC(C)(C)OC(=O)NC(Cc1ccccc1)C(=O)N(CCO)C(C(=O)NCc1ccccc1)c1ccc(O)cc1. The van der Waals surface area contributed by atoms with Gasteiger partial charge < -0.3 is 30.5 Å². The Labute approximate surface area is 234 Å². The van der Waals surface area contributed by atoms with Gasteiger partial charge in [-0.05, 0) is 49.6 Å². The number of phenols is 1. The van der Waals surface area contributed by atoms with Crippen molar-refractivity contribution in [3.05, 3.63) is 102 Å². The van der Waals surface area contributed by atoms with Crippen molar-refractivity contribution in [2.24, 2.45) is 0 Å². The van der Waals surface area contributed by atoms with E-state index in [4.69, 9.17) is 4.74 Å². The first kappa shape index (κ1) is 30.2. The number of amides is 3. The minimum Gasteiger partial charge on any atom is -0.508 e. The smallest absolute Gasteiger partial charge is 0.408 e. The second kappa shape index (κ2) is 14.1. The Morgan fingerprint density at radius 1 is 0.875 bits per heavy atom. The molecule has 9 heteroatoms. The number of carbonyl (C=O) groups is 3. The molecule has 0 spiro atoms. The Morgan fingerprint density at radius 2 is 1.45 bits per heavy atom. The fourth-order valence-electron chi connectivity index (χ4n) is 4.19. The normalized spacial score (nSPS) is 12.6. The molecule has 0 aliphatic heterocycles. The van der Waals surface area contributed by atoms with Gasteiger partial charge in [0.1, 0.15) is 23.4 Å². The summed E-state index contributed by atoms with van der Waals surface area (Å²) in [6, 6.07) is 22.2. The molecule has 0 aromatic heterocycles.